The Kier molecular flexibility index (Phi) is 2.82. The highest BCUT2D eigenvalue weighted by Gasteiger charge is 2.21. The molecule has 0 fully saturated rings. The Hall–Kier alpha value is -1.72. The molecule has 102 valence electrons. The minimum atomic E-state index is 0.181. The summed E-state index contributed by atoms with van der Waals surface area (Å²) in [6.07, 6.45) is 4.07. The predicted molar refractivity (Wildman–Crippen MR) is 80.9 cm³/mol. The van der Waals surface area contributed by atoms with E-state index in [-0.39, 0.29) is 6.04 Å². The maximum atomic E-state index is 6.16. The van der Waals surface area contributed by atoms with Gasteiger partial charge in [-0.1, -0.05) is 12.1 Å². The van der Waals surface area contributed by atoms with Gasteiger partial charge in [0.15, 0.2) is 0 Å². The molecule has 1 atom stereocenters. The lowest BCUT2D eigenvalue weighted by atomic mass is 9.99. The van der Waals surface area contributed by atoms with E-state index in [1.54, 1.807) is 11.3 Å². The SMILES string of the molecule is NC1CCCc2nc(Cc3nc4ccccc4[nH]3)sc21. The molecule has 1 aromatic carbocycles. The lowest BCUT2D eigenvalue weighted by molar-refractivity contribution is 0.573. The molecule has 0 spiro atoms. The molecule has 0 radical (unpaired) electrons. The van der Waals surface area contributed by atoms with Gasteiger partial charge in [-0.15, -0.1) is 11.3 Å². The number of hydrogen-bond donors (Lipinski definition) is 2. The second-order valence-electron chi connectivity index (χ2n) is 5.29. The van der Waals surface area contributed by atoms with Crippen LogP contribution >= 0.6 is 11.3 Å². The van der Waals surface area contributed by atoms with E-state index in [1.807, 2.05) is 18.2 Å². The zero-order chi connectivity index (χ0) is 13.5. The molecule has 3 N–H and O–H groups in total. The van der Waals surface area contributed by atoms with Crippen LogP contribution in [-0.4, -0.2) is 15.0 Å². The Balaban J connectivity index is 1.65. The Morgan fingerprint density at radius 2 is 2.20 bits per heavy atom. The number of nitrogens with two attached hydrogens (primary N) is 1. The summed E-state index contributed by atoms with van der Waals surface area (Å²) in [5, 5.41) is 1.12. The smallest absolute Gasteiger partial charge is 0.114 e. The van der Waals surface area contributed by atoms with Crippen LogP contribution in [0.5, 0.6) is 0 Å². The number of aromatic nitrogens is 3. The molecule has 4 rings (SSSR count). The molecule has 20 heavy (non-hydrogen) atoms. The summed E-state index contributed by atoms with van der Waals surface area (Å²) in [4.78, 5) is 14.0. The minimum absolute atomic E-state index is 0.181. The molecule has 0 amide bonds. The van der Waals surface area contributed by atoms with Crippen molar-refractivity contribution >= 4 is 22.4 Å². The van der Waals surface area contributed by atoms with Crippen LogP contribution in [0.3, 0.4) is 0 Å². The maximum absolute atomic E-state index is 6.16. The van der Waals surface area contributed by atoms with Gasteiger partial charge in [-0.3, -0.25) is 0 Å². The molecule has 0 saturated carbocycles. The van der Waals surface area contributed by atoms with Crippen LogP contribution in [-0.2, 0) is 12.8 Å². The second-order valence-corrected chi connectivity index (χ2v) is 6.41. The number of aryl methyl sites for hydroxylation is 1. The summed E-state index contributed by atoms with van der Waals surface area (Å²) in [5.41, 5.74) is 9.47. The Labute approximate surface area is 121 Å². The first kappa shape index (κ1) is 12.1. The van der Waals surface area contributed by atoms with Crippen molar-refractivity contribution in [2.24, 2.45) is 5.73 Å². The fraction of sp³-hybridized carbons (Fsp3) is 0.333. The molecule has 2 heterocycles. The molecule has 3 aromatic rings. The van der Waals surface area contributed by atoms with Crippen molar-refractivity contribution in [1.82, 2.24) is 15.0 Å². The molecule has 2 aromatic heterocycles. The van der Waals surface area contributed by atoms with Crippen LogP contribution in [0.15, 0.2) is 24.3 Å². The third-order valence-corrected chi connectivity index (χ3v) is 5.02. The van der Waals surface area contributed by atoms with Gasteiger partial charge >= 0.3 is 0 Å². The quantitative estimate of drug-likeness (QED) is 0.760. The average Bonchev–Trinajstić information content (AvgIpc) is 3.02. The number of imidazole rings is 1. The first-order valence-electron chi connectivity index (χ1n) is 6.97. The van der Waals surface area contributed by atoms with Gasteiger partial charge in [0, 0.05) is 10.9 Å². The van der Waals surface area contributed by atoms with Crippen LogP contribution in [0.2, 0.25) is 0 Å². The van der Waals surface area contributed by atoms with E-state index in [0.29, 0.717) is 0 Å². The molecule has 1 unspecified atom stereocenters. The number of para-hydroxylation sites is 2. The van der Waals surface area contributed by atoms with E-state index in [4.69, 9.17) is 10.7 Å². The number of H-pyrrole nitrogens is 1. The van der Waals surface area contributed by atoms with Crippen LogP contribution in [0, 0.1) is 0 Å². The molecular formula is C15H16N4S. The Morgan fingerprint density at radius 3 is 3.05 bits per heavy atom. The summed E-state index contributed by atoms with van der Waals surface area (Å²) in [7, 11) is 0. The van der Waals surface area contributed by atoms with Crippen LogP contribution < -0.4 is 5.73 Å². The first-order valence-corrected chi connectivity index (χ1v) is 7.79. The first-order chi connectivity index (χ1) is 9.79. The van der Waals surface area contributed by atoms with E-state index < -0.39 is 0 Å². The summed E-state index contributed by atoms with van der Waals surface area (Å²) < 4.78 is 0. The van der Waals surface area contributed by atoms with Crippen molar-refractivity contribution in [3.8, 4) is 0 Å². The van der Waals surface area contributed by atoms with E-state index in [0.717, 1.165) is 47.5 Å². The van der Waals surface area contributed by atoms with Gasteiger partial charge in [0.05, 0.1) is 23.1 Å². The van der Waals surface area contributed by atoms with E-state index in [1.165, 1.54) is 10.6 Å². The standard InChI is InChI=1S/C15H16N4S/c16-9-4-3-7-12-15(9)20-14(19-12)8-13-17-10-5-1-2-6-11(10)18-13/h1-2,5-6,9H,3-4,7-8,16H2,(H,17,18). The van der Waals surface area contributed by atoms with Crippen molar-refractivity contribution in [3.63, 3.8) is 0 Å². The van der Waals surface area contributed by atoms with Gasteiger partial charge in [0.2, 0.25) is 0 Å². The third-order valence-electron chi connectivity index (χ3n) is 3.79. The van der Waals surface area contributed by atoms with Gasteiger partial charge in [-0.2, -0.15) is 0 Å². The summed E-state index contributed by atoms with van der Waals surface area (Å²) in [5.74, 6) is 0.978. The largest absolute Gasteiger partial charge is 0.342 e. The molecular weight excluding hydrogens is 268 g/mol. The normalized spacial score (nSPS) is 18.4. The second kappa shape index (κ2) is 4.68. The van der Waals surface area contributed by atoms with E-state index in [2.05, 4.69) is 16.0 Å². The van der Waals surface area contributed by atoms with Crippen molar-refractivity contribution in [2.45, 2.75) is 31.7 Å². The lowest BCUT2D eigenvalue weighted by Crippen LogP contribution is -2.15. The molecule has 4 nitrogen and oxygen atoms in total. The number of fused-ring (bicyclic) bond motifs is 2. The van der Waals surface area contributed by atoms with Crippen molar-refractivity contribution < 1.29 is 0 Å². The zero-order valence-corrected chi connectivity index (χ0v) is 11.9. The fourth-order valence-electron chi connectivity index (χ4n) is 2.81. The van der Waals surface area contributed by atoms with Crippen LogP contribution in [0.4, 0.5) is 0 Å². The fourth-order valence-corrected chi connectivity index (χ4v) is 3.97. The number of nitrogens with zero attached hydrogens (tertiary/aromatic N) is 2. The number of hydrogen-bond acceptors (Lipinski definition) is 4. The minimum Gasteiger partial charge on any atom is -0.342 e. The molecule has 0 bridgehead atoms. The highest BCUT2D eigenvalue weighted by Crippen LogP contribution is 2.33. The molecule has 0 saturated heterocycles. The number of aromatic amines is 1. The van der Waals surface area contributed by atoms with Crippen molar-refractivity contribution in [3.05, 3.63) is 45.7 Å². The summed E-state index contributed by atoms with van der Waals surface area (Å²) in [6.45, 7) is 0. The average molecular weight is 284 g/mol. The monoisotopic (exact) mass is 284 g/mol. The summed E-state index contributed by atoms with van der Waals surface area (Å²) >= 11 is 1.75. The van der Waals surface area contributed by atoms with Crippen molar-refractivity contribution in [1.29, 1.82) is 0 Å². The van der Waals surface area contributed by atoms with Gasteiger partial charge in [0.25, 0.3) is 0 Å². The highest BCUT2D eigenvalue weighted by atomic mass is 32.1. The predicted octanol–water partition coefficient (Wildman–Crippen LogP) is 2.95. The van der Waals surface area contributed by atoms with Gasteiger partial charge in [-0.05, 0) is 31.4 Å². The zero-order valence-electron chi connectivity index (χ0n) is 11.1. The van der Waals surface area contributed by atoms with E-state index >= 15 is 0 Å². The van der Waals surface area contributed by atoms with Crippen LogP contribution in [0.1, 0.15) is 40.3 Å². The lowest BCUT2D eigenvalue weighted by Gasteiger charge is -2.15. The van der Waals surface area contributed by atoms with Crippen molar-refractivity contribution in [2.75, 3.05) is 0 Å². The van der Waals surface area contributed by atoms with E-state index in [9.17, 15) is 0 Å². The van der Waals surface area contributed by atoms with Gasteiger partial charge < -0.3 is 10.7 Å². The number of rotatable bonds is 2. The Morgan fingerprint density at radius 1 is 1.30 bits per heavy atom. The highest BCUT2D eigenvalue weighted by molar-refractivity contribution is 7.11. The molecule has 1 aliphatic carbocycles. The summed E-state index contributed by atoms with van der Waals surface area (Å²) in [6, 6.07) is 8.28. The number of thiazole rings is 1. The number of nitrogens with one attached hydrogen (secondary N) is 1. The molecule has 1 aliphatic rings. The third kappa shape index (κ3) is 2.03. The number of benzene rings is 1. The Bertz CT molecular complexity index is 725. The molecule has 0 aliphatic heterocycles. The topological polar surface area (TPSA) is 67.6 Å². The van der Waals surface area contributed by atoms with Gasteiger partial charge in [0.1, 0.15) is 10.8 Å². The van der Waals surface area contributed by atoms with Gasteiger partial charge in [-0.25, -0.2) is 9.97 Å². The maximum Gasteiger partial charge on any atom is 0.114 e. The molecule has 5 heteroatoms. The van der Waals surface area contributed by atoms with Crippen LogP contribution in [0.25, 0.3) is 11.0 Å².